The molecule has 0 amide bonds. The maximum atomic E-state index is 12.1. The highest BCUT2D eigenvalue weighted by Crippen LogP contribution is 2.44. The van der Waals surface area contributed by atoms with Gasteiger partial charge in [-0.05, 0) is 50.4 Å². The number of fused-ring (bicyclic) bond motifs is 1. The number of hydrogen-bond donors (Lipinski definition) is 0. The van der Waals surface area contributed by atoms with Crippen molar-refractivity contribution < 1.29 is 17.9 Å². The first kappa shape index (κ1) is 20.6. The monoisotopic (exact) mass is 396 g/mol. The Morgan fingerprint density at radius 1 is 1.22 bits per heavy atom. The van der Waals surface area contributed by atoms with E-state index in [9.17, 15) is 8.42 Å². The van der Waals surface area contributed by atoms with E-state index < -0.39 is 10.0 Å². The summed E-state index contributed by atoms with van der Waals surface area (Å²) in [5.41, 5.74) is 1.20. The summed E-state index contributed by atoms with van der Waals surface area (Å²) >= 11 is 0. The Kier molecular flexibility index (Phi) is 6.15. The number of methoxy groups -OCH3 is 1. The van der Waals surface area contributed by atoms with Gasteiger partial charge in [-0.2, -0.15) is 0 Å². The summed E-state index contributed by atoms with van der Waals surface area (Å²) in [5.74, 6) is 1.20. The molecule has 3 rings (SSSR count). The molecule has 2 saturated heterocycles. The fraction of sp³-hybridized carbons (Fsp3) is 0.700. The molecule has 0 aliphatic carbocycles. The van der Waals surface area contributed by atoms with Crippen molar-refractivity contribution in [2.75, 3.05) is 46.2 Å². The molecular formula is C20H32N2O4S. The molecule has 152 valence electrons. The van der Waals surface area contributed by atoms with E-state index in [0.717, 1.165) is 31.8 Å². The highest BCUT2D eigenvalue weighted by molar-refractivity contribution is 7.88. The molecule has 2 heterocycles. The van der Waals surface area contributed by atoms with Gasteiger partial charge in [-0.3, -0.25) is 4.90 Å². The van der Waals surface area contributed by atoms with Crippen LogP contribution < -0.4 is 4.74 Å². The van der Waals surface area contributed by atoms with Gasteiger partial charge in [-0.1, -0.05) is 12.1 Å². The van der Waals surface area contributed by atoms with Gasteiger partial charge in [-0.25, -0.2) is 12.7 Å². The van der Waals surface area contributed by atoms with E-state index in [1.54, 1.807) is 11.4 Å². The van der Waals surface area contributed by atoms with Crippen molar-refractivity contribution in [3.8, 4) is 5.75 Å². The lowest BCUT2D eigenvalue weighted by Crippen LogP contribution is -2.48. The Bertz CT molecular complexity index is 735. The molecule has 2 fully saturated rings. The molecule has 0 N–H and O–H groups in total. The predicted molar refractivity (Wildman–Crippen MR) is 106 cm³/mol. The lowest BCUT2D eigenvalue weighted by atomic mass is 9.73. The van der Waals surface area contributed by atoms with Gasteiger partial charge < -0.3 is 9.47 Å². The van der Waals surface area contributed by atoms with Gasteiger partial charge in [0.25, 0.3) is 0 Å². The summed E-state index contributed by atoms with van der Waals surface area (Å²) in [6.07, 6.45) is 2.45. The molecule has 2 unspecified atom stereocenters. The Hall–Kier alpha value is -1.15. The van der Waals surface area contributed by atoms with E-state index in [-0.39, 0.29) is 11.5 Å². The van der Waals surface area contributed by atoms with Crippen LogP contribution in [-0.2, 0) is 21.3 Å². The van der Waals surface area contributed by atoms with Crippen molar-refractivity contribution in [3.63, 3.8) is 0 Å². The lowest BCUT2D eigenvalue weighted by Gasteiger charge is -2.43. The fourth-order valence-corrected chi connectivity index (χ4v) is 5.37. The molecule has 0 bridgehead atoms. The van der Waals surface area contributed by atoms with Crippen LogP contribution in [0.1, 0.15) is 25.8 Å². The van der Waals surface area contributed by atoms with Crippen molar-refractivity contribution >= 4 is 10.0 Å². The number of sulfonamides is 1. The van der Waals surface area contributed by atoms with Gasteiger partial charge in [0, 0.05) is 38.7 Å². The number of hydrogen-bond acceptors (Lipinski definition) is 5. The van der Waals surface area contributed by atoms with Crippen molar-refractivity contribution in [3.05, 3.63) is 29.8 Å². The Balaban J connectivity index is 1.66. The molecule has 2 aliphatic rings. The normalized spacial score (nSPS) is 27.1. The number of likely N-dealkylation sites (tertiary alicyclic amines) is 1. The highest BCUT2D eigenvalue weighted by atomic mass is 32.2. The average molecular weight is 397 g/mol. The first-order valence-corrected chi connectivity index (χ1v) is 11.5. The summed E-state index contributed by atoms with van der Waals surface area (Å²) in [6.45, 7) is 8.59. The maximum absolute atomic E-state index is 12.1. The second kappa shape index (κ2) is 8.07. The molecule has 2 aliphatic heterocycles. The van der Waals surface area contributed by atoms with Gasteiger partial charge in [0.15, 0.2) is 0 Å². The first-order valence-electron chi connectivity index (χ1n) is 9.64. The van der Waals surface area contributed by atoms with E-state index in [0.29, 0.717) is 25.6 Å². The Morgan fingerprint density at radius 2 is 1.93 bits per heavy atom. The summed E-state index contributed by atoms with van der Waals surface area (Å²) in [5, 5.41) is 0. The zero-order chi connectivity index (χ0) is 19.7. The molecule has 1 aromatic carbocycles. The van der Waals surface area contributed by atoms with Crippen molar-refractivity contribution in [1.29, 1.82) is 0 Å². The van der Waals surface area contributed by atoms with Crippen LogP contribution in [0.4, 0.5) is 0 Å². The molecule has 0 aromatic heterocycles. The zero-order valence-electron chi connectivity index (χ0n) is 16.8. The average Bonchev–Trinajstić information content (AvgIpc) is 2.96. The molecule has 27 heavy (non-hydrogen) atoms. The minimum atomic E-state index is -3.16. The number of piperidine rings is 1. The molecule has 0 spiro atoms. The van der Waals surface area contributed by atoms with Crippen LogP contribution in [0.15, 0.2) is 24.3 Å². The minimum Gasteiger partial charge on any atom is -0.491 e. The zero-order valence-corrected chi connectivity index (χ0v) is 17.7. The molecule has 2 atom stereocenters. The number of ether oxygens (including phenoxy) is 2. The largest absolute Gasteiger partial charge is 0.491 e. The van der Waals surface area contributed by atoms with Crippen LogP contribution in [0.3, 0.4) is 0 Å². The maximum Gasteiger partial charge on any atom is 0.211 e. The predicted octanol–water partition coefficient (Wildman–Crippen LogP) is 2.20. The number of nitrogens with zero attached hydrogens (tertiary/aromatic N) is 2. The quantitative estimate of drug-likeness (QED) is 0.707. The summed E-state index contributed by atoms with van der Waals surface area (Å²) in [7, 11) is -1.45. The topological polar surface area (TPSA) is 59.1 Å². The van der Waals surface area contributed by atoms with Gasteiger partial charge in [0.2, 0.25) is 10.0 Å². The Labute approximate surface area is 163 Å². The summed E-state index contributed by atoms with van der Waals surface area (Å²) in [4.78, 5) is 2.43. The second-order valence-corrected chi connectivity index (χ2v) is 10.3. The number of benzene rings is 1. The summed E-state index contributed by atoms with van der Waals surface area (Å²) in [6, 6.07) is 8.28. The molecule has 0 radical (unpaired) electrons. The Morgan fingerprint density at radius 3 is 2.52 bits per heavy atom. The van der Waals surface area contributed by atoms with E-state index in [2.05, 4.69) is 17.0 Å². The van der Waals surface area contributed by atoms with Crippen LogP contribution in [0, 0.1) is 11.3 Å². The SMILES string of the molecule is COCC12CCN(Cc3ccc(OC(C)C)cc3)CC1CN(S(C)(=O)=O)C2. The highest BCUT2D eigenvalue weighted by Gasteiger charge is 2.51. The van der Waals surface area contributed by atoms with Gasteiger partial charge in [0.1, 0.15) is 5.75 Å². The molecule has 1 aromatic rings. The van der Waals surface area contributed by atoms with Crippen LogP contribution in [0.25, 0.3) is 0 Å². The molecule has 0 saturated carbocycles. The van der Waals surface area contributed by atoms with Crippen LogP contribution in [0.5, 0.6) is 5.75 Å². The number of rotatable bonds is 7. The van der Waals surface area contributed by atoms with Crippen LogP contribution in [-0.4, -0.2) is 69.9 Å². The van der Waals surface area contributed by atoms with E-state index in [1.165, 1.54) is 11.8 Å². The van der Waals surface area contributed by atoms with Crippen molar-refractivity contribution in [1.82, 2.24) is 9.21 Å². The standard InChI is InChI=1S/C20H32N2O4S/c1-16(2)26-19-7-5-17(6-8-19)11-21-10-9-20(15-25-3)14-22(27(4,23)24)13-18(20)12-21/h5-8,16,18H,9-15H2,1-4H3. The van der Waals surface area contributed by atoms with Gasteiger partial charge in [-0.15, -0.1) is 0 Å². The van der Waals surface area contributed by atoms with Crippen molar-refractivity contribution in [2.45, 2.75) is 32.9 Å². The molecule has 7 heteroatoms. The lowest BCUT2D eigenvalue weighted by molar-refractivity contribution is -0.00108. The molecular weight excluding hydrogens is 364 g/mol. The second-order valence-electron chi connectivity index (χ2n) is 8.34. The third-order valence-corrected chi connectivity index (χ3v) is 7.00. The molecule has 6 nitrogen and oxygen atoms in total. The third kappa shape index (κ3) is 4.83. The van der Waals surface area contributed by atoms with E-state index >= 15 is 0 Å². The van der Waals surface area contributed by atoms with Crippen molar-refractivity contribution in [2.24, 2.45) is 11.3 Å². The smallest absolute Gasteiger partial charge is 0.211 e. The first-order chi connectivity index (χ1) is 12.7. The van der Waals surface area contributed by atoms with Crippen LogP contribution >= 0.6 is 0 Å². The minimum absolute atomic E-state index is 0.0523. The van der Waals surface area contributed by atoms with Gasteiger partial charge >= 0.3 is 0 Å². The third-order valence-electron chi connectivity index (χ3n) is 5.79. The van der Waals surface area contributed by atoms with Crippen LogP contribution in [0.2, 0.25) is 0 Å². The van der Waals surface area contributed by atoms with E-state index in [4.69, 9.17) is 9.47 Å². The fourth-order valence-electron chi connectivity index (χ4n) is 4.43. The van der Waals surface area contributed by atoms with E-state index in [1.807, 2.05) is 26.0 Å². The summed E-state index contributed by atoms with van der Waals surface area (Å²) < 4.78 is 37.0. The van der Waals surface area contributed by atoms with Gasteiger partial charge in [0.05, 0.1) is 19.0 Å².